The Hall–Kier alpha value is -3.88. The van der Waals surface area contributed by atoms with Crippen molar-refractivity contribution in [2.45, 2.75) is 119 Å². The minimum absolute atomic E-state index is 0. The molecular formula is C45H86N8O5. The van der Waals surface area contributed by atoms with Crippen LogP contribution in [0.1, 0.15) is 96.3 Å². The highest BCUT2D eigenvalue weighted by molar-refractivity contribution is 5.99. The molecule has 1 aromatic heterocycles. The van der Waals surface area contributed by atoms with Gasteiger partial charge in [-0.15, -0.1) is 0 Å². The first-order valence-corrected chi connectivity index (χ1v) is 20.4. The fourth-order valence-electron chi connectivity index (χ4n) is 5.78. The molecule has 0 unspecified atom stereocenters. The van der Waals surface area contributed by atoms with E-state index in [1.165, 1.54) is 31.7 Å². The van der Waals surface area contributed by atoms with Gasteiger partial charge in [-0.2, -0.15) is 0 Å². The molecule has 0 bridgehead atoms. The van der Waals surface area contributed by atoms with Gasteiger partial charge < -0.3 is 39.8 Å². The van der Waals surface area contributed by atoms with E-state index >= 15 is 0 Å². The summed E-state index contributed by atoms with van der Waals surface area (Å²) in [7, 11) is 10.2. The molecule has 336 valence electrons. The molecule has 1 aromatic carbocycles. The van der Waals surface area contributed by atoms with E-state index in [4.69, 9.17) is 24.6 Å². The Bertz CT molecular complexity index is 1340. The third kappa shape index (κ3) is 24.1. The zero-order chi connectivity index (χ0) is 45.3. The summed E-state index contributed by atoms with van der Waals surface area (Å²) in [4.78, 5) is 26.1. The number of methoxy groups -OCH3 is 2. The summed E-state index contributed by atoms with van der Waals surface area (Å²) in [5.41, 5.74) is 4.09. The molecule has 2 saturated heterocycles. The minimum atomic E-state index is -0.449. The van der Waals surface area contributed by atoms with Gasteiger partial charge in [0.05, 0.1) is 12.7 Å². The van der Waals surface area contributed by atoms with Gasteiger partial charge in [-0.05, 0) is 112 Å². The van der Waals surface area contributed by atoms with E-state index in [9.17, 15) is 4.79 Å². The molecule has 2 aliphatic rings. The summed E-state index contributed by atoms with van der Waals surface area (Å²) in [6.07, 6.45) is 5.15. The van der Waals surface area contributed by atoms with E-state index in [-0.39, 0.29) is 24.5 Å². The summed E-state index contributed by atoms with van der Waals surface area (Å²) >= 11 is 0. The van der Waals surface area contributed by atoms with Crippen molar-refractivity contribution in [2.75, 3.05) is 78.5 Å². The average Bonchev–Trinajstić information content (AvgIpc) is 3.69. The molecule has 0 saturated carbocycles. The SMILES string of the molecule is C=CN=C.CCC.CCNC.CCOC(C)(C)C[C@H]1N(c2cccc(N(C(=O)OC)C(C)C)n2)C(=N)CC1(C)C.CN.CN1CC[C@H](Oc2ccccc2)C1.COC.[HH]. The van der Waals surface area contributed by atoms with Crippen LogP contribution in [0.4, 0.5) is 16.4 Å². The fraction of sp³-hybridized carbons (Fsp3) is 0.644. The standard InChI is InChI=1S/C22H36N4O3.C11H15NO.C3H9N.C3H5N.C3H8.C2H6O.CH5N.H2/c1-9-29-22(6,7)13-16-21(4,5)14-17(23)26(16)19-12-10-11-18(24-19)25(15(2)3)20(27)28-8;1-12-8-7-11(9-12)13-10-5-3-2-4-6-10;2*1-3-4-2;2*1-3-2;1-2;/h10-12,15-16,23H,9,13-14H2,1-8H3;2-6,11H,7-9H2,1H3;4H,3H2,1-2H3;3H,1-2H2;3H2,1-2H3;1-2H3;2H2,1H3;1H/t16-;11-;;;;;;/m10....../s1. The van der Waals surface area contributed by atoms with Crippen LogP contribution in [-0.2, 0) is 14.2 Å². The molecule has 13 nitrogen and oxygen atoms in total. The molecule has 2 aromatic rings. The Morgan fingerprint density at radius 2 is 1.66 bits per heavy atom. The number of ether oxygens (including phenoxy) is 4. The number of hydrogen-bond acceptors (Lipinski definition) is 11. The number of amides is 1. The summed E-state index contributed by atoms with van der Waals surface area (Å²) in [5.74, 6) is 2.71. The van der Waals surface area contributed by atoms with Crippen LogP contribution in [0.3, 0.4) is 0 Å². The van der Waals surface area contributed by atoms with Gasteiger partial charge in [-0.25, -0.2) is 9.78 Å². The molecule has 0 aliphatic carbocycles. The van der Waals surface area contributed by atoms with E-state index in [1.54, 1.807) is 20.3 Å². The Balaban J connectivity index is -0.000000413. The van der Waals surface area contributed by atoms with Gasteiger partial charge in [0.2, 0.25) is 0 Å². The van der Waals surface area contributed by atoms with Crippen molar-refractivity contribution in [1.82, 2.24) is 15.2 Å². The molecule has 2 atom stereocenters. The number of rotatable bonds is 11. The molecule has 4 N–H and O–H groups in total. The summed E-state index contributed by atoms with van der Waals surface area (Å²) in [6.45, 7) is 31.0. The quantitative estimate of drug-likeness (QED) is 0.187. The first kappa shape index (κ1) is 58.4. The number of aromatic nitrogens is 1. The Morgan fingerprint density at radius 3 is 2.07 bits per heavy atom. The van der Waals surface area contributed by atoms with Gasteiger partial charge in [-0.1, -0.05) is 71.9 Å². The summed E-state index contributed by atoms with van der Waals surface area (Å²) < 4.78 is 20.9. The highest BCUT2D eigenvalue weighted by Gasteiger charge is 2.47. The monoisotopic (exact) mass is 819 g/mol. The van der Waals surface area contributed by atoms with Gasteiger partial charge in [0, 0.05) is 60.0 Å². The van der Waals surface area contributed by atoms with Crippen molar-refractivity contribution in [3.8, 4) is 5.75 Å². The van der Waals surface area contributed by atoms with Gasteiger partial charge in [0.15, 0.2) is 0 Å². The summed E-state index contributed by atoms with van der Waals surface area (Å²) in [6, 6.07) is 15.6. The molecule has 0 radical (unpaired) electrons. The second kappa shape index (κ2) is 34.0. The predicted octanol–water partition coefficient (Wildman–Crippen LogP) is 9.18. The van der Waals surface area contributed by atoms with E-state index < -0.39 is 6.09 Å². The highest BCUT2D eigenvalue weighted by atomic mass is 16.5. The number of aliphatic imine (C=N–C) groups is 1. The van der Waals surface area contributed by atoms with Crippen molar-refractivity contribution in [3.05, 3.63) is 61.3 Å². The highest BCUT2D eigenvalue weighted by Crippen LogP contribution is 2.43. The number of benzene rings is 1. The molecular weight excluding hydrogens is 733 g/mol. The number of pyridine rings is 1. The first-order valence-electron chi connectivity index (χ1n) is 20.4. The van der Waals surface area contributed by atoms with Crippen LogP contribution < -0.4 is 25.6 Å². The largest absolute Gasteiger partial charge is 0.489 e. The van der Waals surface area contributed by atoms with Gasteiger partial charge >= 0.3 is 6.09 Å². The lowest BCUT2D eigenvalue weighted by Crippen LogP contribution is -2.44. The van der Waals surface area contributed by atoms with Gasteiger partial charge in [-0.3, -0.25) is 15.3 Å². The molecule has 3 heterocycles. The van der Waals surface area contributed by atoms with Gasteiger partial charge in [0.1, 0.15) is 29.3 Å². The lowest BCUT2D eigenvalue weighted by Gasteiger charge is -2.38. The van der Waals surface area contributed by atoms with Crippen molar-refractivity contribution in [3.63, 3.8) is 0 Å². The number of amidine groups is 1. The van der Waals surface area contributed by atoms with Crippen LogP contribution in [0.5, 0.6) is 5.75 Å². The number of nitrogens with zero attached hydrogens (tertiary/aromatic N) is 5. The Labute approximate surface area is 355 Å². The zero-order valence-corrected chi connectivity index (χ0v) is 39.4. The number of hydrogen-bond donors (Lipinski definition) is 3. The molecule has 58 heavy (non-hydrogen) atoms. The number of para-hydroxylation sites is 1. The van der Waals surface area contributed by atoms with Crippen LogP contribution in [0, 0.1) is 10.8 Å². The van der Waals surface area contributed by atoms with Crippen LogP contribution in [-0.4, -0.2) is 121 Å². The topological polar surface area (TPSA) is 151 Å². The Kier molecular flexibility index (Phi) is 34.3. The number of likely N-dealkylation sites (tertiary alicyclic amines) is 1. The molecule has 4 rings (SSSR count). The lowest BCUT2D eigenvalue weighted by molar-refractivity contribution is -0.0265. The lowest BCUT2D eigenvalue weighted by atomic mass is 9.79. The average molecular weight is 819 g/mol. The molecule has 0 spiro atoms. The normalized spacial score (nSPS) is 16.3. The van der Waals surface area contributed by atoms with Crippen molar-refractivity contribution < 1.29 is 25.2 Å². The minimum Gasteiger partial charge on any atom is -0.489 e. The maximum absolute atomic E-state index is 12.3. The third-order valence-electron chi connectivity index (χ3n) is 8.33. The number of nitrogens with two attached hydrogens (primary N) is 1. The van der Waals surface area contributed by atoms with Gasteiger partial charge in [0.25, 0.3) is 0 Å². The maximum atomic E-state index is 12.3. The van der Waals surface area contributed by atoms with E-state index in [0.717, 1.165) is 38.2 Å². The first-order chi connectivity index (χ1) is 27.4. The summed E-state index contributed by atoms with van der Waals surface area (Å²) in [5, 5.41) is 11.6. The fourth-order valence-corrected chi connectivity index (χ4v) is 5.78. The number of anilines is 2. The maximum Gasteiger partial charge on any atom is 0.415 e. The van der Waals surface area contributed by atoms with Crippen molar-refractivity contribution in [1.29, 1.82) is 5.41 Å². The van der Waals surface area contributed by atoms with Crippen molar-refractivity contribution in [2.24, 2.45) is 16.1 Å². The van der Waals surface area contributed by atoms with E-state index in [2.05, 4.69) is 94.5 Å². The van der Waals surface area contributed by atoms with Crippen LogP contribution in [0.2, 0.25) is 0 Å². The predicted molar refractivity (Wildman–Crippen MR) is 250 cm³/mol. The van der Waals surface area contributed by atoms with Crippen LogP contribution in [0.25, 0.3) is 0 Å². The molecule has 2 fully saturated rings. The molecule has 1 amide bonds. The number of carbonyl (C=O) groups excluding carboxylic acids is 1. The van der Waals surface area contributed by atoms with E-state index in [0.29, 0.717) is 36.6 Å². The number of likely N-dealkylation sites (N-methyl/N-ethyl adjacent to an activating group) is 1. The second-order valence-corrected chi connectivity index (χ2v) is 15.0. The smallest absolute Gasteiger partial charge is 0.415 e. The second-order valence-electron chi connectivity index (χ2n) is 15.0. The van der Waals surface area contributed by atoms with Crippen LogP contribution in [0.15, 0.2) is 66.3 Å². The number of nitrogens with one attached hydrogen (secondary N) is 2. The zero-order valence-electron chi connectivity index (χ0n) is 39.4. The van der Waals surface area contributed by atoms with Crippen molar-refractivity contribution >= 4 is 30.3 Å². The Morgan fingerprint density at radius 1 is 1.12 bits per heavy atom. The number of carbonyl (C=O) groups is 1. The molecule has 13 heteroatoms. The van der Waals surface area contributed by atoms with Crippen LogP contribution >= 0.6 is 0 Å². The third-order valence-corrected chi connectivity index (χ3v) is 8.33. The van der Waals surface area contributed by atoms with E-state index in [1.807, 2.05) is 75.2 Å². The molecule has 2 aliphatic heterocycles.